The number of anilines is 2. The van der Waals surface area contributed by atoms with E-state index >= 15 is 0 Å². The fourth-order valence-corrected chi connectivity index (χ4v) is 3.58. The maximum Gasteiger partial charge on any atom is 0.339 e. The molecule has 0 radical (unpaired) electrons. The van der Waals surface area contributed by atoms with E-state index in [1.807, 2.05) is 61.6 Å². The van der Waals surface area contributed by atoms with Crippen LogP contribution in [0.5, 0.6) is 11.5 Å². The number of nitrogen functional groups attached to an aromatic ring is 1. The SMILES string of the molecule is CNc1ccc(-n2c(=O)n(-c3ccc(Oc4ccccc4)cc3)c3c(N)ncnc32)cc1. The van der Waals surface area contributed by atoms with E-state index in [2.05, 4.69) is 15.3 Å². The number of aromatic nitrogens is 4. The Morgan fingerprint density at radius 3 is 2.12 bits per heavy atom. The van der Waals surface area contributed by atoms with E-state index in [4.69, 9.17) is 10.5 Å². The third-order valence-corrected chi connectivity index (χ3v) is 5.14. The number of hydrogen-bond donors (Lipinski definition) is 2. The van der Waals surface area contributed by atoms with Gasteiger partial charge in [-0.15, -0.1) is 0 Å². The molecule has 0 saturated carbocycles. The van der Waals surface area contributed by atoms with Gasteiger partial charge < -0.3 is 15.8 Å². The van der Waals surface area contributed by atoms with Crippen molar-refractivity contribution >= 4 is 22.7 Å². The molecule has 0 saturated heterocycles. The Hall–Kier alpha value is -4.59. The highest BCUT2D eigenvalue weighted by molar-refractivity contribution is 5.85. The minimum atomic E-state index is -0.291. The standard InChI is InChI=1S/C24H20N6O2/c1-26-16-7-9-18(10-8-16)30-23-21(22(25)27-15-28-23)29(24(30)31)17-11-13-20(14-12-17)32-19-5-3-2-4-6-19/h2-15,26H,1H3,(H2,25,27,28). The number of ether oxygens (including phenoxy) is 1. The van der Waals surface area contributed by atoms with Crippen LogP contribution in [0.25, 0.3) is 22.5 Å². The summed E-state index contributed by atoms with van der Waals surface area (Å²) in [6, 6.07) is 24.2. The fourth-order valence-electron chi connectivity index (χ4n) is 3.58. The zero-order valence-electron chi connectivity index (χ0n) is 17.3. The average Bonchev–Trinajstić information content (AvgIpc) is 3.13. The summed E-state index contributed by atoms with van der Waals surface area (Å²) in [6.45, 7) is 0. The molecule has 0 aliphatic carbocycles. The van der Waals surface area contributed by atoms with E-state index in [1.165, 1.54) is 15.5 Å². The van der Waals surface area contributed by atoms with Crippen molar-refractivity contribution in [2.24, 2.45) is 0 Å². The Kier molecular flexibility index (Phi) is 4.79. The summed E-state index contributed by atoms with van der Waals surface area (Å²) >= 11 is 0. The van der Waals surface area contributed by atoms with E-state index in [9.17, 15) is 4.79 Å². The van der Waals surface area contributed by atoms with Gasteiger partial charge in [-0.25, -0.2) is 19.3 Å². The molecular formula is C24H20N6O2. The van der Waals surface area contributed by atoms with Crippen molar-refractivity contribution in [3.05, 3.63) is 95.7 Å². The Balaban J connectivity index is 1.63. The molecule has 3 aromatic carbocycles. The van der Waals surface area contributed by atoms with E-state index in [1.54, 1.807) is 24.3 Å². The number of nitrogens with two attached hydrogens (primary N) is 1. The van der Waals surface area contributed by atoms with E-state index in [-0.39, 0.29) is 11.5 Å². The normalized spacial score (nSPS) is 10.9. The second kappa shape index (κ2) is 7.92. The van der Waals surface area contributed by atoms with Crippen LogP contribution in [-0.4, -0.2) is 26.1 Å². The zero-order valence-corrected chi connectivity index (χ0v) is 17.3. The van der Waals surface area contributed by atoms with Crippen LogP contribution in [0.1, 0.15) is 0 Å². The molecule has 158 valence electrons. The van der Waals surface area contributed by atoms with Crippen molar-refractivity contribution in [3.63, 3.8) is 0 Å². The third kappa shape index (κ3) is 3.33. The Labute approximate surface area is 183 Å². The predicted molar refractivity (Wildman–Crippen MR) is 125 cm³/mol. The van der Waals surface area contributed by atoms with E-state index in [0.717, 1.165) is 11.4 Å². The van der Waals surface area contributed by atoms with Gasteiger partial charge in [-0.2, -0.15) is 0 Å². The highest BCUT2D eigenvalue weighted by Crippen LogP contribution is 2.26. The van der Waals surface area contributed by atoms with Gasteiger partial charge in [0.15, 0.2) is 11.5 Å². The van der Waals surface area contributed by atoms with Crippen LogP contribution in [0.4, 0.5) is 11.5 Å². The van der Waals surface area contributed by atoms with Gasteiger partial charge in [0.1, 0.15) is 23.3 Å². The highest BCUT2D eigenvalue weighted by Gasteiger charge is 2.20. The molecule has 8 nitrogen and oxygen atoms in total. The molecule has 0 amide bonds. The largest absolute Gasteiger partial charge is 0.457 e. The van der Waals surface area contributed by atoms with Gasteiger partial charge in [-0.3, -0.25) is 4.57 Å². The number of hydrogen-bond acceptors (Lipinski definition) is 6. The fraction of sp³-hybridized carbons (Fsp3) is 0.0417. The van der Waals surface area contributed by atoms with Crippen molar-refractivity contribution < 1.29 is 4.74 Å². The Bertz CT molecular complexity index is 1440. The van der Waals surface area contributed by atoms with Crippen molar-refractivity contribution in [3.8, 4) is 22.9 Å². The highest BCUT2D eigenvalue weighted by atomic mass is 16.5. The summed E-state index contributed by atoms with van der Waals surface area (Å²) in [5.74, 6) is 1.61. The van der Waals surface area contributed by atoms with E-state index in [0.29, 0.717) is 28.3 Å². The number of nitrogens with zero attached hydrogens (tertiary/aromatic N) is 4. The third-order valence-electron chi connectivity index (χ3n) is 5.14. The number of nitrogens with one attached hydrogen (secondary N) is 1. The minimum Gasteiger partial charge on any atom is -0.457 e. The smallest absolute Gasteiger partial charge is 0.339 e. The second-order valence-electron chi connectivity index (χ2n) is 7.09. The maximum atomic E-state index is 13.5. The molecule has 0 fully saturated rings. The number of benzene rings is 3. The lowest BCUT2D eigenvalue weighted by molar-refractivity contribution is 0.482. The van der Waals surface area contributed by atoms with Crippen LogP contribution in [0, 0.1) is 0 Å². The molecule has 5 aromatic rings. The summed E-state index contributed by atoms with van der Waals surface area (Å²) in [6.07, 6.45) is 1.36. The molecular weight excluding hydrogens is 404 g/mol. The summed E-state index contributed by atoms with van der Waals surface area (Å²) < 4.78 is 8.90. The monoisotopic (exact) mass is 424 g/mol. The topological polar surface area (TPSA) is 100.0 Å². The number of para-hydroxylation sites is 1. The van der Waals surface area contributed by atoms with E-state index < -0.39 is 0 Å². The van der Waals surface area contributed by atoms with Crippen LogP contribution in [-0.2, 0) is 0 Å². The van der Waals surface area contributed by atoms with Crippen molar-refractivity contribution in [2.75, 3.05) is 18.1 Å². The first-order valence-electron chi connectivity index (χ1n) is 10.0. The lowest BCUT2D eigenvalue weighted by Gasteiger charge is -2.08. The van der Waals surface area contributed by atoms with Crippen molar-refractivity contribution in [2.45, 2.75) is 0 Å². The summed E-state index contributed by atoms with van der Waals surface area (Å²) in [7, 11) is 1.84. The molecule has 3 N–H and O–H groups in total. The molecule has 0 spiro atoms. The molecule has 2 aromatic heterocycles. The van der Waals surface area contributed by atoms with Gasteiger partial charge in [0.05, 0.1) is 11.4 Å². The van der Waals surface area contributed by atoms with Gasteiger partial charge >= 0.3 is 5.69 Å². The van der Waals surface area contributed by atoms with Crippen LogP contribution in [0.3, 0.4) is 0 Å². The Morgan fingerprint density at radius 2 is 1.44 bits per heavy atom. The lowest BCUT2D eigenvalue weighted by Crippen LogP contribution is -2.22. The molecule has 5 rings (SSSR count). The predicted octanol–water partition coefficient (Wildman–Crippen LogP) is 3.99. The molecule has 2 heterocycles. The quantitative estimate of drug-likeness (QED) is 0.443. The summed E-state index contributed by atoms with van der Waals surface area (Å²) in [4.78, 5) is 22.0. The number of imidazole rings is 1. The second-order valence-corrected chi connectivity index (χ2v) is 7.09. The molecule has 0 aliphatic heterocycles. The van der Waals surface area contributed by atoms with Gasteiger partial charge in [-0.1, -0.05) is 18.2 Å². The summed E-state index contributed by atoms with van der Waals surface area (Å²) in [5.41, 5.74) is 9.02. The molecule has 8 heteroatoms. The lowest BCUT2D eigenvalue weighted by atomic mass is 10.3. The average molecular weight is 424 g/mol. The first-order valence-corrected chi connectivity index (χ1v) is 10.0. The molecule has 0 unspecified atom stereocenters. The minimum absolute atomic E-state index is 0.224. The van der Waals surface area contributed by atoms with Gasteiger partial charge in [-0.05, 0) is 60.7 Å². The number of rotatable bonds is 5. The molecule has 0 aliphatic rings. The molecule has 0 atom stereocenters. The van der Waals surface area contributed by atoms with Crippen molar-refractivity contribution in [1.82, 2.24) is 19.1 Å². The Morgan fingerprint density at radius 1 is 0.812 bits per heavy atom. The first-order chi connectivity index (χ1) is 15.7. The van der Waals surface area contributed by atoms with Crippen LogP contribution in [0.15, 0.2) is 90.0 Å². The summed E-state index contributed by atoms with van der Waals surface area (Å²) in [5, 5.41) is 3.07. The first kappa shape index (κ1) is 19.4. The van der Waals surface area contributed by atoms with Crippen molar-refractivity contribution in [1.29, 1.82) is 0 Å². The van der Waals surface area contributed by atoms with Crippen LogP contribution < -0.4 is 21.5 Å². The number of fused-ring (bicyclic) bond motifs is 1. The maximum absolute atomic E-state index is 13.5. The van der Waals surface area contributed by atoms with Gasteiger partial charge in [0, 0.05) is 12.7 Å². The molecule has 32 heavy (non-hydrogen) atoms. The molecule has 0 bridgehead atoms. The van der Waals surface area contributed by atoms with Crippen LogP contribution in [0.2, 0.25) is 0 Å². The van der Waals surface area contributed by atoms with Gasteiger partial charge in [0.25, 0.3) is 0 Å². The zero-order chi connectivity index (χ0) is 22.1. The van der Waals surface area contributed by atoms with Crippen LogP contribution >= 0.6 is 0 Å². The van der Waals surface area contributed by atoms with Gasteiger partial charge in [0.2, 0.25) is 0 Å².